The van der Waals surface area contributed by atoms with Gasteiger partial charge in [-0.3, -0.25) is 0 Å². The van der Waals surface area contributed by atoms with Gasteiger partial charge < -0.3 is 5.32 Å². The predicted molar refractivity (Wildman–Crippen MR) is 69.9 cm³/mol. The highest BCUT2D eigenvalue weighted by Crippen LogP contribution is 2.15. The molecule has 0 amide bonds. The Labute approximate surface area is 103 Å². The van der Waals surface area contributed by atoms with E-state index in [2.05, 4.69) is 43.2 Å². The molecule has 0 fully saturated rings. The van der Waals surface area contributed by atoms with Crippen LogP contribution in [0.3, 0.4) is 0 Å². The predicted octanol–water partition coefficient (Wildman–Crippen LogP) is 2.67. The lowest BCUT2D eigenvalue weighted by Crippen LogP contribution is -2.23. The number of rotatable bonds is 7. The van der Waals surface area contributed by atoms with Crippen molar-refractivity contribution in [3.05, 3.63) is 10.0 Å². The maximum atomic E-state index is 4.23. The van der Waals surface area contributed by atoms with Crippen molar-refractivity contribution in [3.63, 3.8) is 0 Å². The Morgan fingerprint density at radius 1 is 1.12 bits per heavy atom. The van der Waals surface area contributed by atoms with Crippen LogP contribution in [-0.4, -0.2) is 22.8 Å². The summed E-state index contributed by atoms with van der Waals surface area (Å²) in [5, 5.41) is 14.2. The molecule has 1 rings (SSSR count). The SMILES string of the molecule is CC(C)Cc1nnc(CCCNC(C)C)s1. The van der Waals surface area contributed by atoms with Gasteiger partial charge in [0.25, 0.3) is 0 Å². The topological polar surface area (TPSA) is 37.8 Å². The van der Waals surface area contributed by atoms with Gasteiger partial charge in [0.05, 0.1) is 0 Å². The summed E-state index contributed by atoms with van der Waals surface area (Å²) in [7, 11) is 0. The quantitative estimate of drug-likeness (QED) is 0.746. The van der Waals surface area contributed by atoms with Gasteiger partial charge >= 0.3 is 0 Å². The second-order valence-electron chi connectivity index (χ2n) is 4.90. The Kier molecular flexibility index (Phi) is 5.91. The monoisotopic (exact) mass is 241 g/mol. The zero-order valence-corrected chi connectivity index (χ0v) is 11.6. The molecule has 0 aliphatic heterocycles. The Morgan fingerprint density at radius 2 is 1.81 bits per heavy atom. The van der Waals surface area contributed by atoms with Crippen molar-refractivity contribution in [1.82, 2.24) is 15.5 Å². The molecule has 0 radical (unpaired) electrons. The minimum atomic E-state index is 0.575. The van der Waals surface area contributed by atoms with E-state index < -0.39 is 0 Å². The van der Waals surface area contributed by atoms with E-state index in [1.807, 2.05) is 0 Å². The van der Waals surface area contributed by atoms with E-state index in [-0.39, 0.29) is 0 Å². The average Bonchev–Trinajstić information content (AvgIpc) is 2.59. The highest BCUT2D eigenvalue weighted by molar-refractivity contribution is 7.11. The van der Waals surface area contributed by atoms with Crippen molar-refractivity contribution >= 4 is 11.3 Å². The number of aromatic nitrogens is 2. The molecule has 0 aliphatic rings. The first kappa shape index (κ1) is 13.6. The normalized spacial score (nSPS) is 11.6. The number of aryl methyl sites for hydroxylation is 1. The Morgan fingerprint density at radius 3 is 2.44 bits per heavy atom. The number of hydrogen-bond acceptors (Lipinski definition) is 4. The van der Waals surface area contributed by atoms with Gasteiger partial charge in [0.1, 0.15) is 10.0 Å². The molecule has 1 heterocycles. The Hall–Kier alpha value is -0.480. The van der Waals surface area contributed by atoms with Crippen LogP contribution in [0.5, 0.6) is 0 Å². The molecular weight excluding hydrogens is 218 g/mol. The van der Waals surface area contributed by atoms with E-state index in [9.17, 15) is 0 Å². The van der Waals surface area contributed by atoms with Crippen molar-refractivity contribution in [2.75, 3.05) is 6.54 Å². The molecule has 0 saturated carbocycles. The van der Waals surface area contributed by atoms with Gasteiger partial charge in [0.15, 0.2) is 0 Å². The molecule has 1 aromatic heterocycles. The lowest BCUT2D eigenvalue weighted by atomic mass is 10.1. The largest absolute Gasteiger partial charge is 0.315 e. The standard InChI is InChI=1S/C12H23N3S/c1-9(2)8-12-15-14-11(16-12)6-5-7-13-10(3)4/h9-10,13H,5-8H2,1-4H3. The summed E-state index contributed by atoms with van der Waals surface area (Å²) in [5.41, 5.74) is 0. The number of nitrogens with zero attached hydrogens (tertiary/aromatic N) is 2. The van der Waals surface area contributed by atoms with Crippen LogP contribution in [0, 0.1) is 5.92 Å². The summed E-state index contributed by atoms with van der Waals surface area (Å²) >= 11 is 1.77. The maximum absolute atomic E-state index is 4.23. The van der Waals surface area contributed by atoms with Crippen LogP contribution in [0.25, 0.3) is 0 Å². The van der Waals surface area contributed by atoms with E-state index >= 15 is 0 Å². The maximum Gasteiger partial charge on any atom is 0.117 e. The van der Waals surface area contributed by atoms with Crippen LogP contribution < -0.4 is 5.32 Å². The number of hydrogen-bond donors (Lipinski definition) is 1. The highest BCUT2D eigenvalue weighted by atomic mass is 32.1. The fourth-order valence-corrected chi connectivity index (χ4v) is 2.55. The van der Waals surface area contributed by atoms with Gasteiger partial charge in [-0.05, 0) is 18.9 Å². The van der Waals surface area contributed by atoms with E-state index in [4.69, 9.17) is 0 Å². The molecular formula is C12H23N3S. The van der Waals surface area contributed by atoms with Crippen LogP contribution in [-0.2, 0) is 12.8 Å². The lowest BCUT2D eigenvalue weighted by molar-refractivity contribution is 0.569. The third-order valence-corrected chi connectivity index (χ3v) is 3.22. The first-order valence-electron chi connectivity index (χ1n) is 6.12. The van der Waals surface area contributed by atoms with Crippen molar-refractivity contribution in [2.45, 2.75) is 53.0 Å². The molecule has 1 N–H and O–H groups in total. The van der Waals surface area contributed by atoms with Crippen LogP contribution in [0.1, 0.15) is 44.1 Å². The third kappa shape index (κ3) is 5.56. The van der Waals surface area contributed by atoms with Gasteiger partial charge in [-0.1, -0.05) is 27.7 Å². The third-order valence-electron chi connectivity index (χ3n) is 2.21. The minimum absolute atomic E-state index is 0.575. The Balaban J connectivity index is 2.24. The molecule has 0 aromatic carbocycles. The molecule has 16 heavy (non-hydrogen) atoms. The van der Waals surface area contributed by atoms with Gasteiger partial charge in [-0.25, -0.2) is 0 Å². The van der Waals surface area contributed by atoms with Crippen LogP contribution in [0.2, 0.25) is 0 Å². The average molecular weight is 241 g/mol. The summed E-state index contributed by atoms with van der Waals surface area (Å²) < 4.78 is 0. The van der Waals surface area contributed by atoms with Gasteiger partial charge in [0.2, 0.25) is 0 Å². The van der Waals surface area contributed by atoms with Crippen molar-refractivity contribution in [1.29, 1.82) is 0 Å². The second kappa shape index (κ2) is 6.97. The molecule has 92 valence electrons. The Bertz CT molecular complexity index is 294. The molecule has 1 aromatic rings. The van der Waals surface area contributed by atoms with E-state index in [1.54, 1.807) is 11.3 Å². The van der Waals surface area contributed by atoms with Gasteiger partial charge in [0, 0.05) is 18.9 Å². The molecule has 3 nitrogen and oxygen atoms in total. The summed E-state index contributed by atoms with van der Waals surface area (Å²) in [5.74, 6) is 0.670. The summed E-state index contributed by atoms with van der Waals surface area (Å²) in [6.07, 6.45) is 3.26. The zero-order valence-electron chi connectivity index (χ0n) is 10.8. The minimum Gasteiger partial charge on any atom is -0.315 e. The van der Waals surface area contributed by atoms with Crippen molar-refractivity contribution < 1.29 is 0 Å². The highest BCUT2D eigenvalue weighted by Gasteiger charge is 2.05. The smallest absolute Gasteiger partial charge is 0.117 e. The molecule has 0 aliphatic carbocycles. The summed E-state index contributed by atoms with van der Waals surface area (Å²) in [6, 6.07) is 0.575. The fraction of sp³-hybridized carbons (Fsp3) is 0.833. The molecule has 0 spiro atoms. The van der Waals surface area contributed by atoms with Crippen LogP contribution in [0.15, 0.2) is 0 Å². The van der Waals surface area contributed by atoms with Crippen LogP contribution in [0.4, 0.5) is 0 Å². The molecule has 0 unspecified atom stereocenters. The van der Waals surface area contributed by atoms with E-state index in [0.29, 0.717) is 12.0 Å². The van der Waals surface area contributed by atoms with Crippen LogP contribution >= 0.6 is 11.3 Å². The molecule has 0 saturated heterocycles. The summed E-state index contributed by atoms with van der Waals surface area (Å²) in [4.78, 5) is 0. The van der Waals surface area contributed by atoms with Gasteiger partial charge in [-0.15, -0.1) is 21.5 Å². The van der Waals surface area contributed by atoms with Gasteiger partial charge in [-0.2, -0.15) is 0 Å². The molecule has 0 atom stereocenters. The van der Waals surface area contributed by atoms with E-state index in [1.165, 1.54) is 10.0 Å². The lowest BCUT2D eigenvalue weighted by Gasteiger charge is -2.05. The molecule has 0 bridgehead atoms. The number of nitrogens with one attached hydrogen (secondary N) is 1. The van der Waals surface area contributed by atoms with Crippen molar-refractivity contribution in [3.8, 4) is 0 Å². The second-order valence-corrected chi connectivity index (χ2v) is 6.05. The van der Waals surface area contributed by atoms with E-state index in [0.717, 1.165) is 25.8 Å². The molecule has 4 heteroatoms. The van der Waals surface area contributed by atoms with Crippen molar-refractivity contribution in [2.24, 2.45) is 5.92 Å². The first-order chi connectivity index (χ1) is 7.58. The fourth-order valence-electron chi connectivity index (χ4n) is 1.45. The first-order valence-corrected chi connectivity index (χ1v) is 6.94. The summed E-state index contributed by atoms with van der Waals surface area (Å²) in [6.45, 7) is 9.84. The zero-order chi connectivity index (χ0) is 12.0.